The van der Waals surface area contributed by atoms with Crippen molar-refractivity contribution in [2.75, 3.05) is 5.32 Å². The summed E-state index contributed by atoms with van der Waals surface area (Å²) < 4.78 is 10.9. The Morgan fingerprint density at radius 1 is 0.941 bits per heavy atom. The summed E-state index contributed by atoms with van der Waals surface area (Å²) >= 11 is 5.90. The number of furan rings is 1. The third-order valence-corrected chi connectivity index (χ3v) is 4.97. The average molecular weight is 474 g/mol. The zero-order chi connectivity index (χ0) is 23.8. The van der Waals surface area contributed by atoms with Crippen LogP contribution in [0.2, 0.25) is 5.02 Å². The van der Waals surface area contributed by atoms with E-state index in [1.54, 1.807) is 30.3 Å². The molecule has 3 aromatic carbocycles. The Hall–Kier alpha value is -4.36. The molecule has 2 N–H and O–H groups in total. The van der Waals surface area contributed by atoms with Gasteiger partial charge in [-0.05, 0) is 59.7 Å². The predicted molar refractivity (Wildman–Crippen MR) is 130 cm³/mol. The van der Waals surface area contributed by atoms with Crippen molar-refractivity contribution in [2.24, 2.45) is 5.10 Å². The molecule has 7 nitrogen and oxygen atoms in total. The highest BCUT2D eigenvalue weighted by atomic mass is 35.5. The second-order valence-electron chi connectivity index (χ2n) is 7.16. The quantitative estimate of drug-likeness (QED) is 0.260. The maximum atomic E-state index is 12.6. The predicted octanol–water partition coefficient (Wildman–Crippen LogP) is 5.53. The van der Waals surface area contributed by atoms with Gasteiger partial charge in [-0.1, -0.05) is 48.0 Å². The molecule has 2 amide bonds. The SMILES string of the molecule is O=C(Nc1ccccc1C(=O)N/N=C\c1cccc(OCc2ccc(Cl)cc2)c1)c1ccco1. The van der Waals surface area contributed by atoms with E-state index in [1.807, 2.05) is 48.5 Å². The van der Waals surface area contributed by atoms with Crippen molar-refractivity contribution in [3.63, 3.8) is 0 Å². The average Bonchev–Trinajstić information content (AvgIpc) is 3.40. The molecule has 0 aliphatic carbocycles. The van der Waals surface area contributed by atoms with Crippen LogP contribution >= 0.6 is 11.6 Å². The normalized spacial score (nSPS) is 10.7. The Morgan fingerprint density at radius 3 is 2.56 bits per heavy atom. The molecule has 8 heteroatoms. The Balaban J connectivity index is 1.36. The van der Waals surface area contributed by atoms with Gasteiger partial charge in [0.1, 0.15) is 12.4 Å². The van der Waals surface area contributed by atoms with Crippen LogP contribution < -0.4 is 15.5 Å². The standard InChI is InChI=1S/C26H20ClN3O4/c27-20-12-10-18(11-13-20)17-34-21-6-3-5-19(15-21)16-28-30-25(31)22-7-1-2-8-23(22)29-26(32)24-9-4-14-33-24/h1-16H,17H2,(H,29,32)(H,30,31)/b28-16-. The second kappa shape index (κ2) is 11.0. The van der Waals surface area contributed by atoms with Crippen LogP contribution in [-0.4, -0.2) is 18.0 Å². The molecular weight excluding hydrogens is 454 g/mol. The number of nitrogens with one attached hydrogen (secondary N) is 2. The summed E-state index contributed by atoms with van der Waals surface area (Å²) in [6.07, 6.45) is 2.91. The molecule has 0 atom stereocenters. The van der Waals surface area contributed by atoms with Gasteiger partial charge in [0, 0.05) is 5.02 Å². The molecule has 4 rings (SSSR count). The molecule has 0 spiro atoms. The van der Waals surface area contributed by atoms with Gasteiger partial charge in [-0.15, -0.1) is 0 Å². The van der Waals surface area contributed by atoms with Gasteiger partial charge < -0.3 is 14.5 Å². The van der Waals surface area contributed by atoms with E-state index in [2.05, 4.69) is 15.8 Å². The number of carbonyl (C=O) groups is 2. The van der Waals surface area contributed by atoms with Crippen molar-refractivity contribution in [3.05, 3.63) is 119 Å². The molecule has 0 fully saturated rings. The van der Waals surface area contributed by atoms with Gasteiger partial charge in [0.25, 0.3) is 11.8 Å². The van der Waals surface area contributed by atoms with E-state index in [9.17, 15) is 9.59 Å². The minimum atomic E-state index is -0.471. The van der Waals surface area contributed by atoms with Crippen LogP contribution in [0.4, 0.5) is 5.69 Å². The summed E-state index contributed by atoms with van der Waals surface area (Å²) in [7, 11) is 0. The molecule has 0 unspecified atom stereocenters. The van der Waals surface area contributed by atoms with Crippen LogP contribution in [0.1, 0.15) is 32.0 Å². The highest BCUT2D eigenvalue weighted by Crippen LogP contribution is 2.18. The van der Waals surface area contributed by atoms with Gasteiger partial charge in [-0.3, -0.25) is 9.59 Å². The zero-order valence-corrected chi connectivity index (χ0v) is 18.7. The molecule has 0 bridgehead atoms. The van der Waals surface area contributed by atoms with Crippen molar-refractivity contribution in [2.45, 2.75) is 6.61 Å². The lowest BCUT2D eigenvalue weighted by molar-refractivity contribution is 0.0956. The molecule has 0 saturated heterocycles. The fourth-order valence-corrected chi connectivity index (χ4v) is 3.17. The Bertz CT molecular complexity index is 1300. The van der Waals surface area contributed by atoms with Crippen LogP contribution in [0.3, 0.4) is 0 Å². The lowest BCUT2D eigenvalue weighted by Gasteiger charge is -2.09. The highest BCUT2D eigenvalue weighted by molar-refractivity contribution is 6.30. The fraction of sp³-hybridized carbons (Fsp3) is 0.0385. The minimum absolute atomic E-state index is 0.145. The van der Waals surface area contributed by atoms with E-state index in [0.717, 1.165) is 11.1 Å². The molecule has 0 aliphatic heterocycles. The first kappa shape index (κ1) is 22.8. The number of hydrogen-bond acceptors (Lipinski definition) is 5. The lowest BCUT2D eigenvalue weighted by atomic mass is 10.1. The summed E-state index contributed by atoms with van der Waals surface area (Å²) in [5, 5.41) is 7.37. The van der Waals surface area contributed by atoms with Crippen LogP contribution in [0, 0.1) is 0 Å². The first-order valence-corrected chi connectivity index (χ1v) is 10.7. The molecule has 0 saturated carbocycles. The molecule has 1 heterocycles. The van der Waals surface area contributed by atoms with E-state index in [4.69, 9.17) is 20.8 Å². The van der Waals surface area contributed by atoms with Gasteiger partial charge >= 0.3 is 0 Å². The number of benzene rings is 3. The smallest absolute Gasteiger partial charge is 0.291 e. The van der Waals surface area contributed by atoms with E-state index in [0.29, 0.717) is 23.1 Å². The first-order valence-electron chi connectivity index (χ1n) is 10.3. The van der Waals surface area contributed by atoms with Crippen molar-refractivity contribution < 1.29 is 18.7 Å². The van der Waals surface area contributed by atoms with E-state index in [1.165, 1.54) is 18.5 Å². The van der Waals surface area contributed by atoms with E-state index in [-0.39, 0.29) is 11.3 Å². The summed E-state index contributed by atoms with van der Waals surface area (Å²) in [5.74, 6) is -0.117. The van der Waals surface area contributed by atoms with Gasteiger partial charge in [-0.2, -0.15) is 5.10 Å². The number of amides is 2. The lowest BCUT2D eigenvalue weighted by Crippen LogP contribution is -2.21. The third kappa shape index (κ3) is 6.11. The Kier molecular flexibility index (Phi) is 7.37. The van der Waals surface area contributed by atoms with Crippen molar-refractivity contribution in [3.8, 4) is 5.75 Å². The molecule has 34 heavy (non-hydrogen) atoms. The Labute approximate surface area is 201 Å². The van der Waals surface area contributed by atoms with Gasteiger partial charge in [0.2, 0.25) is 0 Å². The van der Waals surface area contributed by atoms with Gasteiger partial charge in [0.05, 0.1) is 23.7 Å². The monoisotopic (exact) mass is 473 g/mol. The number of hydrogen-bond donors (Lipinski definition) is 2. The maximum Gasteiger partial charge on any atom is 0.291 e. The summed E-state index contributed by atoms with van der Waals surface area (Å²) in [6, 6.07) is 24.5. The number of hydrazone groups is 1. The Morgan fingerprint density at radius 2 is 1.76 bits per heavy atom. The maximum absolute atomic E-state index is 12.6. The molecule has 1 aromatic heterocycles. The number of para-hydroxylation sites is 1. The van der Waals surface area contributed by atoms with Crippen LogP contribution in [0.25, 0.3) is 0 Å². The number of nitrogens with zero attached hydrogens (tertiary/aromatic N) is 1. The largest absolute Gasteiger partial charge is 0.489 e. The van der Waals surface area contributed by atoms with Crippen molar-refractivity contribution >= 4 is 35.3 Å². The molecule has 4 aromatic rings. The molecular formula is C26H20ClN3O4. The molecule has 0 radical (unpaired) electrons. The number of halogens is 1. The summed E-state index contributed by atoms with van der Waals surface area (Å²) in [5.41, 5.74) is 4.82. The summed E-state index contributed by atoms with van der Waals surface area (Å²) in [6.45, 7) is 0.398. The number of ether oxygens (including phenoxy) is 1. The second-order valence-corrected chi connectivity index (χ2v) is 7.60. The zero-order valence-electron chi connectivity index (χ0n) is 17.9. The topological polar surface area (TPSA) is 92.9 Å². The third-order valence-electron chi connectivity index (χ3n) is 4.72. The number of carbonyl (C=O) groups excluding carboxylic acids is 2. The highest BCUT2D eigenvalue weighted by Gasteiger charge is 2.15. The van der Waals surface area contributed by atoms with Crippen molar-refractivity contribution in [1.29, 1.82) is 0 Å². The van der Waals surface area contributed by atoms with Gasteiger partial charge in [0.15, 0.2) is 5.76 Å². The van der Waals surface area contributed by atoms with Gasteiger partial charge in [-0.25, -0.2) is 5.43 Å². The van der Waals surface area contributed by atoms with Crippen LogP contribution in [-0.2, 0) is 6.61 Å². The van der Waals surface area contributed by atoms with E-state index < -0.39 is 11.8 Å². The van der Waals surface area contributed by atoms with Crippen molar-refractivity contribution in [1.82, 2.24) is 5.43 Å². The van der Waals surface area contributed by atoms with E-state index >= 15 is 0 Å². The van der Waals surface area contributed by atoms with Crippen LogP contribution in [0.5, 0.6) is 5.75 Å². The molecule has 170 valence electrons. The number of rotatable bonds is 8. The minimum Gasteiger partial charge on any atom is -0.489 e. The van der Waals surface area contributed by atoms with Crippen LogP contribution in [0.15, 0.2) is 101 Å². The first-order chi connectivity index (χ1) is 16.6. The molecule has 0 aliphatic rings. The fourth-order valence-electron chi connectivity index (χ4n) is 3.04. The number of anilines is 1. The summed E-state index contributed by atoms with van der Waals surface area (Å²) in [4.78, 5) is 24.9.